The summed E-state index contributed by atoms with van der Waals surface area (Å²) in [6.45, 7) is 2.94. The molecule has 0 bridgehead atoms. The van der Waals surface area contributed by atoms with Crippen LogP contribution in [-0.4, -0.2) is 49.6 Å². The highest BCUT2D eigenvalue weighted by atomic mass is 19.1. The van der Waals surface area contributed by atoms with Crippen molar-refractivity contribution in [3.8, 4) is 0 Å². The van der Waals surface area contributed by atoms with Gasteiger partial charge >= 0.3 is 6.03 Å². The van der Waals surface area contributed by atoms with Crippen molar-refractivity contribution in [3.63, 3.8) is 0 Å². The average Bonchev–Trinajstić information content (AvgIpc) is 2.69. The van der Waals surface area contributed by atoms with Gasteiger partial charge in [-0.25, -0.2) is 9.18 Å². The van der Waals surface area contributed by atoms with Crippen LogP contribution in [-0.2, 0) is 4.79 Å². The van der Waals surface area contributed by atoms with Gasteiger partial charge in [0.15, 0.2) is 0 Å². The quantitative estimate of drug-likeness (QED) is 0.851. The van der Waals surface area contributed by atoms with Crippen LogP contribution in [0.15, 0.2) is 54.6 Å². The van der Waals surface area contributed by atoms with Crippen LogP contribution in [0.25, 0.3) is 0 Å². The maximum Gasteiger partial charge on any atom is 0.319 e. The topological polar surface area (TPSA) is 64.7 Å². The number of nitrogens with one attached hydrogen (secondary N) is 2. The highest BCUT2D eigenvalue weighted by Crippen LogP contribution is 2.17. The number of anilines is 2. The highest BCUT2D eigenvalue weighted by Gasteiger charge is 2.21. The highest BCUT2D eigenvalue weighted by molar-refractivity contribution is 5.89. The van der Waals surface area contributed by atoms with Crippen molar-refractivity contribution in [1.82, 2.24) is 10.2 Å². The van der Waals surface area contributed by atoms with Gasteiger partial charge in [0.2, 0.25) is 5.91 Å². The number of piperazine rings is 1. The molecule has 2 N–H and O–H groups in total. The second kappa shape index (κ2) is 9.02. The number of hydrogen-bond donors (Lipinski definition) is 2. The van der Waals surface area contributed by atoms with Crippen LogP contribution in [0, 0.1) is 5.82 Å². The van der Waals surface area contributed by atoms with E-state index in [1.807, 2.05) is 18.2 Å². The van der Waals surface area contributed by atoms with Crippen molar-refractivity contribution >= 4 is 23.3 Å². The molecule has 1 aliphatic heterocycles. The SMILES string of the molecule is O=C(NCCC(=O)N1CCN(c2ccc(F)cc2)CC1)Nc1ccccc1. The Bertz CT molecular complexity index is 759. The first kappa shape index (κ1) is 18.7. The first-order valence-corrected chi connectivity index (χ1v) is 9.00. The molecular formula is C20H23FN4O2. The smallest absolute Gasteiger partial charge is 0.319 e. The van der Waals surface area contributed by atoms with E-state index < -0.39 is 0 Å². The molecule has 1 heterocycles. The summed E-state index contributed by atoms with van der Waals surface area (Å²) in [4.78, 5) is 28.1. The second-order valence-corrected chi connectivity index (χ2v) is 6.34. The summed E-state index contributed by atoms with van der Waals surface area (Å²) < 4.78 is 13.0. The van der Waals surface area contributed by atoms with Gasteiger partial charge in [0.1, 0.15) is 5.82 Å². The molecule has 6 nitrogen and oxygen atoms in total. The average molecular weight is 370 g/mol. The normalized spacial score (nSPS) is 14.0. The van der Waals surface area contributed by atoms with E-state index in [1.165, 1.54) is 12.1 Å². The Morgan fingerprint density at radius 1 is 0.926 bits per heavy atom. The van der Waals surface area contributed by atoms with Crippen LogP contribution in [0.3, 0.4) is 0 Å². The van der Waals surface area contributed by atoms with Crippen molar-refractivity contribution in [2.75, 3.05) is 42.9 Å². The van der Waals surface area contributed by atoms with Crippen LogP contribution in [0.5, 0.6) is 0 Å². The predicted octanol–water partition coefficient (Wildman–Crippen LogP) is 2.69. The summed E-state index contributed by atoms with van der Waals surface area (Å²) >= 11 is 0. The van der Waals surface area contributed by atoms with Crippen LogP contribution in [0.1, 0.15) is 6.42 Å². The lowest BCUT2D eigenvalue weighted by molar-refractivity contribution is -0.131. The number of amides is 3. The summed E-state index contributed by atoms with van der Waals surface area (Å²) in [6.07, 6.45) is 0.263. The lowest BCUT2D eigenvalue weighted by Gasteiger charge is -2.36. The van der Waals surface area contributed by atoms with E-state index in [0.717, 1.165) is 5.69 Å². The van der Waals surface area contributed by atoms with Gasteiger partial charge < -0.3 is 20.4 Å². The summed E-state index contributed by atoms with van der Waals surface area (Å²) in [6, 6.07) is 15.2. The molecule has 1 saturated heterocycles. The molecule has 2 aromatic rings. The number of hydrogen-bond acceptors (Lipinski definition) is 3. The Hall–Kier alpha value is -3.09. The molecule has 0 unspecified atom stereocenters. The molecule has 7 heteroatoms. The van der Waals surface area contributed by atoms with E-state index in [9.17, 15) is 14.0 Å². The molecule has 3 amide bonds. The van der Waals surface area contributed by atoms with Crippen LogP contribution in [0.2, 0.25) is 0 Å². The van der Waals surface area contributed by atoms with Gasteiger partial charge in [-0.3, -0.25) is 4.79 Å². The molecule has 1 aliphatic rings. The van der Waals surface area contributed by atoms with Crippen molar-refractivity contribution in [3.05, 3.63) is 60.4 Å². The van der Waals surface area contributed by atoms with E-state index in [4.69, 9.17) is 0 Å². The minimum Gasteiger partial charge on any atom is -0.368 e. The van der Waals surface area contributed by atoms with Gasteiger partial charge in [0, 0.05) is 50.5 Å². The van der Waals surface area contributed by atoms with Gasteiger partial charge in [-0.1, -0.05) is 18.2 Å². The molecule has 0 saturated carbocycles. The maximum absolute atomic E-state index is 13.0. The molecular weight excluding hydrogens is 347 g/mol. The number of para-hydroxylation sites is 1. The fourth-order valence-corrected chi connectivity index (χ4v) is 3.00. The number of halogens is 1. The fourth-order valence-electron chi connectivity index (χ4n) is 3.00. The van der Waals surface area contributed by atoms with E-state index in [2.05, 4.69) is 15.5 Å². The molecule has 0 atom stereocenters. The number of rotatable bonds is 5. The molecule has 0 spiro atoms. The van der Waals surface area contributed by atoms with Crippen molar-refractivity contribution in [2.45, 2.75) is 6.42 Å². The molecule has 3 rings (SSSR count). The Labute approximate surface area is 158 Å². The maximum atomic E-state index is 13.0. The monoisotopic (exact) mass is 370 g/mol. The number of carbonyl (C=O) groups is 2. The van der Waals surface area contributed by atoms with E-state index in [0.29, 0.717) is 31.9 Å². The summed E-state index contributed by atoms with van der Waals surface area (Å²) in [5.41, 5.74) is 1.67. The molecule has 0 aromatic heterocycles. The van der Waals surface area contributed by atoms with E-state index in [1.54, 1.807) is 29.2 Å². The van der Waals surface area contributed by atoms with Gasteiger partial charge in [-0.05, 0) is 36.4 Å². The Balaban J connectivity index is 1.37. The second-order valence-electron chi connectivity index (χ2n) is 6.34. The van der Waals surface area contributed by atoms with Gasteiger partial charge in [0.25, 0.3) is 0 Å². The number of benzene rings is 2. The summed E-state index contributed by atoms with van der Waals surface area (Å²) in [5, 5.41) is 5.41. The first-order valence-electron chi connectivity index (χ1n) is 9.00. The molecule has 142 valence electrons. The zero-order valence-electron chi connectivity index (χ0n) is 15.0. The third kappa shape index (κ3) is 5.44. The van der Waals surface area contributed by atoms with Crippen LogP contribution < -0.4 is 15.5 Å². The predicted molar refractivity (Wildman–Crippen MR) is 103 cm³/mol. The number of nitrogens with zero attached hydrogens (tertiary/aromatic N) is 2. The van der Waals surface area contributed by atoms with Gasteiger partial charge in [-0.2, -0.15) is 0 Å². The molecule has 1 fully saturated rings. The fraction of sp³-hybridized carbons (Fsp3) is 0.300. The number of carbonyl (C=O) groups excluding carboxylic acids is 2. The molecule has 0 radical (unpaired) electrons. The molecule has 0 aliphatic carbocycles. The first-order chi connectivity index (χ1) is 13.1. The lowest BCUT2D eigenvalue weighted by Crippen LogP contribution is -2.49. The Morgan fingerprint density at radius 2 is 1.59 bits per heavy atom. The minimum atomic E-state index is -0.324. The van der Waals surface area contributed by atoms with Crippen LogP contribution in [0.4, 0.5) is 20.6 Å². The van der Waals surface area contributed by atoms with Crippen molar-refractivity contribution in [1.29, 1.82) is 0 Å². The Morgan fingerprint density at radius 3 is 2.26 bits per heavy atom. The molecule has 27 heavy (non-hydrogen) atoms. The van der Waals surface area contributed by atoms with Crippen molar-refractivity contribution in [2.24, 2.45) is 0 Å². The van der Waals surface area contributed by atoms with Crippen LogP contribution >= 0.6 is 0 Å². The Kier molecular flexibility index (Phi) is 6.25. The number of urea groups is 1. The van der Waals surface area contributed by atoms with E-state index >= 15 is 0 Å². The minimum absolute atomic E-state index is 0.0220. The zero-order valence-corrected chi connectivity index (χ0v) is 15.0. The summed E-state index contributed by atoms with van der Waals surface area (Å²) in [5.74, 6) is -0.231. The third-order valence-corrected chi connectivity index (χ3v) is 4.48. The molecule has 2 aromatic carbocycles. The largest absolute Gasteiger partial charge is 0.368 e. The zero-order chi connectivity index (χ0) is 19.1. The standard InChI is InChI=1S/C20H23FN4O2/c21-16-6-8-18(9-7-16)24-12-14-25(15-13-24)19(26)10-11-22-20(27)23-17-4-2-1-3-5-17/h1-9H,10-15H2,(H2,22,23,27). The van der Waals surface area contributed by atoms with E-state index in [-0.39, 0.29) is 30.7 Å². The summed E-state index contributed by atoms with van der Waals surface area (Å²) in [7, 11) is 0. The van der Waals surface area contributed by atoms with Crippen molar-refractivity contribution < 1.29 is 14.0 Å². The van der Waals surface area contributed by atoms with Gasteiger partial charge in [-0.15, -0.1) is 0 Å². The third-order valence-electron chi connectivity index (χ3n) is 4.48. The lowest BCUT2D eigenvalue weighted by atomic mass is 10.2. The van der Waals surface area contributed by atoms with Gasteiger partial charge in [0.05, 0.1) is 0 Å².